The summed E-state index contributed by atoms with van der Waals surface area (Å²) in [5, 5.41) is 25.1. The molecule has 1 saturated heterocycles. The van der Waals surface area contributed by atoms with Crippen LogP contribution in [0.2, 0.25) is 0 Å². The van der Waals surface area contributed by atoms with E-state index in [9.17, 15) is 14.9 Å². The maximum Gasteiger partial charge on any atom is 0.318 e. The lowest BCUT2D eigenvalue weighted by Gasteiger charge is -2.20. The Morgan fingerprint density at radius 1 is 1.55 bits per heavy atom. The zero-order chi connectivity index (χ0) is 15.9. The summed E-state index contributed by atoms with van der Waals surface area (Å²) in [4.78, 5) is 27.3. The van der Waals surface area contributed by atoms with Crippen molar-refractivity contribution in [3.8, 4) is 6.07 Å². The van der Waals surface area contributed by atoms with E-state index >= 15 is 0 Å². The summed E-state index contributed by atoms with van der Waals surface area (Å²) in [6.07, 6.45) is 2.73. The van der Waals surface area contributed by atoms with Crippen LogP contribution in [-0.2, 0) is 0 Å². The van der Waals surface area contributed by atoms with E-state index in [0.29, 0.717) is 25.5 Å². The van der Waals surface area contributed by atoms with Crippen LogP contribution in [0.25, 0.3) is 0 Å². The van der Waals surface area contributed by atoms with Crippen LogP contribution in [0.3, 0.4) is 0 Å². The molecule has 2 heterocycles. The zero-order valence-corrected chi connectivity index (χ0v) is 11.9. The average Bonchev–Trinajstić information content (AvgIpc) is 3.00. The van der Waals surface area contributed by atoms with Crippen LogP contribution >= 0.6 is 0 Å². The molecule has 0 bridgehead atoms. The number of aromatic nitrogens is 1. The highest BCUT2D eigenvalue weighted by atomic mass is 16.6. The molecule has 9 heteroatoms. The number of hydrogen-bond acceptors (Lipinski definition) is 6. The highest BCUT2D eigenvalue weighted by molar-refractivity contribution is 5.75. The van der Waals surface area contributed by atoms with Crippen molar-refractivity contribution in [2.75, 3.05) is 25.0 Å². The number of carbonyl (C=O) groups is 1. The van der Waals surface area contributed by atoms with Gasteiger partial charge in [0, 0.05) is 25.7 Å². The normalized spacial score (nSPS) is 16.9. The lowest BCUT2D eigenvalue weighted by atomic mass is 10.2. The van der Waals surface area contributed by atoms with Crippen LogP contribution in [0, 0.1) is 21.4 Å². The molecule has 2 rings (SSSR count). The number of hydrogen-bond donors (Lipinski definition) is 2. The second kappa shape index (κ2) is 7.21. The molecule has 0 radical (unpaired) electrons. The van der Waals surface area contributed by atoms with Crippen molar-refractivity contribution >= 4 is 17.5 Å². The van der Waals surface area contributed by atoms with Gasteiger partial charge >= 0.3 is 6.03 Å². The molecule has 1 aromatic heterocycles. The molecule has 0 aromatic carbocycles. The van der Waals surface area contributed by atoms with Gasteiger partial charge in [-0.25, -0.2) is 9.78 Å². The van der Waals surface area contributed by atoms with E-state index in [4.69, 9.17) is 5.26 Å². The molecule has 9 nitrogen and oxygen atoms in total. The molecule has 22 heavy (non-hydrogen) atoms. The summed E-state index contributed by atoms with van der Waals surface area (Å²) < 4.78 is 0. The van der Waals surface area contributed by atoms with Gasteiger partial charge in [0.2, 0.25) is 0 Å². The minimum atomic E-state index is -0.515. The van der Waals surface area contributed by atoms with Gasteiger partial charge in [-0.1, -0.05) is 0 Å². The van der Waals surface area contributed by atoms with Crippen molar-refractivity contribution in [2.45, 2.75) is 18.9 Å². The first-order valence-electron chi connectivity index (χ1n) is 6.90. The average molecular weight is 304 g/mol. The van der Waals surface area contributed by atoms with Gasteiger partial charge in [-0.15, -0.1) is 0 Å². The molecule has 2 N–H and O–H groups in total. The Bertz CT molecular complexity index is 582. The van der Waals surface area contributed by atoms with Crippen molar-refractivity contribution < 1.29 is 9.72 Å². The number of amides is 2. The summed E-state index contributed by atoms with van der Waals surface area (Å²) in [5.74, 6) is 0.496. The van der Waals surface area contributed by atoms with Crippen LogP contribution in [0.4, 0.5) is 16.3 Å². The zero-order valence-electron chi connectivity index (χ0n) is 11.9. The second-order valence-corrected chi connectivity index (χ2v) is 4.80. The predicted octanol–water partition coefficient (Wildman–Crippen LogP) is 1.10. The highest BCUT2D eigenvalue weighted by Gasteiger charge is 2.27. The molecule has 1 unspecified atom stereocenters. The summed E-state index contributed by atoms with van der Waals surface area (Å²) >= 11 is 0. The number of rotatable bonds is 5. The van der Waals surface area contributed by atoms with Crippen LogP contribution in [-0.4, -0.2) is 46.5 Å². The maximum atomic E-state index is 11.9. The molecular formula is C13H16N6O3. The smallest absolute Gasteiger partial charge is 0.318 e. The lowest BCUT2D eigenvalue weighted by molar-refractivity contribution is -0.385. The largest absolute Gasteiger partial charge is 0.368 e. The fraction of sp³-hybridized carbons (Fsp3) is 0.462. The minimum Gasteiger partial charge on any atom is -0.368 e. The first-order chi connectivity index (χ1) is 10.6. The summed E-state index contributed by atoms with van der Waals surface area (Å²) in [5.41, 5.74) is -0.0737. The van der Waals surface area contributed by atoms with Crippen molar-refractivity contribution in [1.29, 1.82) is 5.26 Å². The Morgan fingerprint density at radius 2 is 2.36 bits per heavy atom. The third kappa shape index (κ3) is 3.82. The van der Waals surface area contributed by atoms with E-state index in [2.05, 4.69) is 21.7 Å². The summed E-state index contributed by atoms with van der Waals surface area (Å²) in [6.45, 7) is 1.40. The summed E-state index contributed by atoms with van der Waals surface area (Å²) in [7, 11) is 0. The van der Waals surface area contributed by atoms with Gasteiger partial charge in [-0.2, -0.15) is 5.26 Å². The third-order valence-corrected chi connectivity index (χ3v) is 3.33. The van der Waals surface area contributed by atoms with Gasteiger partial charge in [0.25, 0.3) is 5.69 Å². The minimum absolute atomic E-state index is 0.0737. The SMILES string of the molecule is N#CC1CCCN1C(=O)NCCNc1ccc([N+](=O)[O-])cn1. The molecular weight excluding hydrogens is 288 g/mol. The number of anilines is 1. The topological polar surface area (TPSA) is 124 Å². The summed E-state index contributed by atoms with van der Waals surface area (Å²) in [6, 6.07) is 4.38. The molecule has 1 aliphatic rings. The van der Waals surface area contributed by atoms with E-state index in [-0.39, 0.29) is 17.8 Å². The van der Waals surface area contributed by atoms with Gasteiger partial charge in [0.05, 0.1) is 11.0 Å². The van der Waals surface area contributed by atoms with Crippen molar-refractivity contribution in [2.24, 2.45) is 0 Å². The number of nitro groups is 1. The molecule has 0 saturated carbocycles. The highest BCUT2D eigenvalue weighted by Crippen LogP contribution is 2.16. The fourth-order valence-electron chi connectivity index (χ4n) is 2.20. The molecule has 0 aliphatic carbocycles. The Morgan fingerprint density at radius 3 is 3.00 bits per heavy atom. The first kappa shape index (κ1) is 15.5. The van der Waals surface area contributed by atoms with Crippen LogP contribution in [0.15, 0.2) is 18.3 Å². The molecule has 0 spiro atoms. The standard InChI is InChI=1S/C13H16N6O3/c14-8-10-2-1-7-18(10)13(20)16-6-5-15-12-4-3-11(9-17-12)19(21)22/h3-4,9-10H,1-2,5-7H2,(H,15,17)(H,16,20). The molecule has 2 amide bonds. The molecule has 116 valence electrons. The number of nitrogens with zero attached hydrogens (tertiary/aromatic N) is 4. The van der Waals surface area contributed by atoms with Crippen molar-refractivity contribution in [1.82, 2.24) is 15.2 Å². The fourth-order valence-corrected chi connectivity index (χ4v) is 2.20. The number of carbonyl (C=O) groups excluding carboxylic acids is 1. The predicted molar refractivity (Wildman–Crippen MR) is 78.1 cm³/mol. The van der Waals surface area contributed by atoms with Gasteiger partial charge in [-0.05, 0) is 18.9 Å². The van der Waals surface area contributed by atoms with E-state index in [1.165, 1.54) is 23.2 Å². The van der Waals surface area contributed by atoms with Crippen LogP contribution in [0.5, 0.6) is 0 Å². The van der Waals surface area contributed by atoms with Crippen molar-refractivity contribution in [3.05, 3.63) is 28.4 Å². The van der Waals surface area contributed by atoms with Crippen LogP contribution < -0.4 is 10.6 Å². The number of pyridine rings is 1. The van der Waals surface area contributed by atoms with Gasteiger partial charge < -0.3 is 15.5 Å². The first-order valence-corrected chi connectivity index (χ1v) is 6.90. The Kier molecular flexibility index (Phi) is 5.08. The van der Waals surface area contributed by atoms with Gasteiger partial charge in [-0.3, -0.25) is 10.1 Å². The Hall–Kier alpha value is -2.89. The Balaban J connectivity index is 1.72. The number of nitrogens with one attached hydrogen (secondary N) is 2. The quantitative estimate of drug-likeness (QED) is 0.477. The second-order valence-electron chi connectivity index (χ2n) is 4.80. The Labute approximate surface area is 127 Å². The van der Waals surface area contributed by atoms with E-state index < -0.39 is 4.92 Å². The molecule has 1 fully saturated rings. The molecule has 1 aliphatic heterocycles. The van der Waals surface area contributed by atoms with Crippen LogP contribution in [0.1, 0.15) is 12.8 Å². The van der Waals surface area contributed by atoms with Gasteiger partial charge in [0.15, 0.2) is 0 Å². The molecule has 1 aromatic rings. The third-order valence-electron chi connectivity index (χ3n) is 3.33. The maximum absolute atomic E-state index is 11.9. The van der Waals surface area contributed by atoms with E-state index in [0.717, 1.165) is 12.8 Å². The van der Waals surface area contributed by atoms with E-state index in [1.807, 2.05) is 0 Å². The van der Waals surface area contributed by atoms with Crippen molar-refractivity contribution in [3.63, 3.8) is 0 Å². The molecule has 1 atom stereocenters. The number of urea groups is 1. The van der Waals surface area contributed by atoms with Gasteiger partial charge in [0.1, 0.15) is 18.1 Å². The van der Waals surface area contributed by atoms with E-state index in [1.54, 1.807) is 0 Å². The number of likely N-dealkylation sites (tertiary alicyclic amines) is 1. The lowest BCUT2D eigenvalue weighted by Crippen LogP contribution is -2.43. The monoisotopic (exact) mass is 304 g/mol. The number of nitriles is 1.